The van der Waals surface area contributed by atoms with Crippen molar-refractivity contribution >= 4 is 10.0 Å². The summed E-state index contributed by atoms with van der Waals surface area (Å²) in [5, 5.41) is 0. The van der Waals surface area contributed by atoms with E-state index in [1.807, 2.05) is 0 Å². The summed E-state index contributed by atoms with van der Waals surface area (Å²) in [7, 11) is -3.88. The van der Waals surface area contributed by atoms with Crippen LogP contribution in [0.3, 0.4) is 0 Å². The molecule has 1 N–H and O–H groups in total. The van der Waals surface area contributed by atoms with Gasteiger partial charge >= 0.3 is 0 Å². The van der Waals surface area contributed by atoms with Gasteiger partial charge in [0, 0.05) is 18.7 Å². The molecule has 134 valence electrons. The molecule has 1 heterocycles. The molecule has 0 spiro atoms. The molecule has 0 amide bonds. The van der Waals surface area contributed by atoms with Gasteiger partial charge in [-0.2, -0.15) is 0 Å². The molecule has 24 heavy (non-hydrogen) atoms. The predicted octanol–water partition coefficient (Wildman–Crippen LogP) is 2.90. The molecule has 1 saturated carbocycles. The molecule has 4 nitrogen and oxygen atoms in total. The fourth-order valence-corrected chi connectivity index (χ4v) is 4.94. The molecule has 0 aromatic heterocycles. The van der Waals surface area contributed by atoms with E-state index in [9.17, 15) is 17.2 Å². The molecule has 2 aliphatic rings. The molecule has 0 radical (unpaired) electrons. The van der Waals surface area contributed by atoms with Gasteiger partial charge in [-0.25, -0.2) is 21.9 Å². The number of piperidine rings is 1. The van der Waals surface area contributed by atoms with Crippen LogP contribution in [-0.2, 0) is 10.0 Å². The maximum absolute atomic E-state index is 13.2. The normalized spacial score (nSPS) is 21.4. The van der Waals surface area contributed by atoms with Gasteiger partial charge in [0.05, 0.1) is 4.90 Å². The van der Waals surface area contributed by atoms with Crippen LogP contribution in [0.5, 0.6) is 0 Å². The van der Waals surface area contributed by atoms with Gasteiger partial charge in [0.2, 0.25) is 10.0 Å². The molecular formula is C17H24F2N2O2S. The van der Waals surface area contributed by atoms with Gasteiger partial charge in [-0.1, -0.05) is 12.8 Å². The fraction of sp³-hybridized carbons (Fsp3) is 0.647. The highest BCUT2D eigenvalue weighted by atomic mass is 32.2. The Morgan fingerprint density at radius 2 is 1.58 bits per heavy atom. The monoisotopic (exact) mass is 358 g/mol. The first-order chi connectivity index (χ1) is 11.4. The smallest absolute Gasteiger partial charge is 0.240 e. The van der Waals surface area contributed by atoms with Gasteiger partial charge in [0.25, 0.3) is 0 Å². The summed E-state index contributed by atoms with van der Waals surface area (Å²) < 4.78 is 53.3. The molecule has 7 heteroatoms. The fourth-order valence-electron chi connectivity index (χ4n) is 3.79. The third kappa shape index (κ3) is 4.32. The van der Waals surface area contributed by atoms with Crippen molar-refractivity contribution in [2.45, 2.75) is 49.5 Å². The summed E-state index contributed by atoms with van der Waals surface area (Å²) in [5.74, 6) is -1.50. The Labute approximate surface area is 142 Å². The summed E-state index contributed by atoms with van der Waals surface area (Å²) in [4.78, 5) is 2.17. The maximum atomic E-state index is 13.2. The van der Waals surface area contributed by atoms with Crippen molar-refractivity contribution in [3.05, 3.63) is 29.8 Å². The second-order valence-electron chi connectivity index (χ2n) is 6.87. The Kier molecular flexibility index (Phi) is 5.52. The number of nitrogens with one attached hydrogen (secondary N) is 1. The number of halogens is 2. The minimum Gasteiger partial charge on any atom is -0.300 e. The average molecular weight is 358 g/mol. The zero-order chi connectivity index (χ0) is 17.2. The van der Waals surface area contributed by atoms with Gasteiger partial charge < -0.3 is 4.90 Å². The summed E-state index contributed by atoms with van der Waals surface area (Å²) in [6.07, 6.45) is 7.10. The topological polar surface area (TPSA) is 49.4 Å². The first-order valence-electron chi connectivity index (χ1n) is 8.64. The number of hydrogen-bond acceptors (Lipinski definition) is 3. The lowest BCUT2D eigenvalue weighted by molar-refractivity contribution is 0.135. The Hall–Kier alpha value is -1.05. The third-order valence-electron chi connectivity index (χ3n) is 5.20. The van der Waals surface area contributed by atoms with Gasteiger partial charge in [-0.3, -0.25) is 0 Å². The van der Waals surface area contributed by atoms with E-state index < -0.39 is 21.7 Å². The molecule has 1 aliphatic heterocycles. The van der Waals surface area contributed by atoms with Crippen LogP contribution in [0.15, 0.2) is 23.1 Å². The van der Waals surface area contributed by atoms with Crippen LogP contribution in [0.1, 0.15) is 38.5 Å². The summed E-state index contributed by atoms with van der Waals surface area (Å²) >= 11 is 0. The van der Waals surface area contributed by atoms with Crippen molar-refractivity contribution in [1.82, 2.24) is 9.62 Å². The molecule has 2 fully saturated rings. The van der Waals surface area contributed by atoms with E-state index in [4.69, 9.17) is 0 Å². The zero-order valence-electron chi connectivity index (χ0n) is 13.7. The zero-order valence-corrected chi connectivity index (χ0v) is 14.5. The highest BCUT2D eigenvalue weighted by Gasteiger charge is 2.28. The summed E-state index contributed by atoms with van der Waals surface area (Å²) in [6.45, 7) is 2.33. The molecule has 0 atom stereocenters. The Morgan fingerprint density at radius 1 is 1.00 bits per heavy atom. The molecule has 0 bridgehead atoms. The molecular weight excluding hydrogens is 334 g/mol. The number of hydrogen-bond donors (Lipinski definition) is 1. The second-order valence-corrected chi connectivity index (χ2v) is 8.64. The third-order valence-corrected chi connectivity index (χ3v) is 6.60. The molecule has 1 aromatic carbocycles. The molecule has 3 rings (SSSR count). The lowest BCUT2D eigenvalue weighted by atomic mass is 9.96. The SMILES string of the molecule is O=S(=O)(NCC1CCN(C2CCCC2)CC1)c1cc(F)cc(F)c1. The number of benzene rings is 1. The Bertz CT molecular complexity index is 647. The predicted molar refractivity (Wildman–Crippen MR) is 88.1 cm³/mol. The van der Waals surface area contributed by atoms with Crippen LogP contribution in [0.4, 0.5) is 8.78 Å². The highest BCUT2D eigenvalue weighted by Crippen LogP contribution is 2.27. The van der Waals surface area contributed by atoms with Gasteiger partial charge in [0.15, 0.2) is 0 Å². The van der Waals surface area contributed by atoms with Crippen molar-refractivity contribution in [3.63, 3.8) is 0 Å². The van der Waals surface area contributed by atoms with E-state index in [1.165, 1.54) is 25.7 Å². The number of rotatable bonds is 5. The van der Waals surface area contributed by atoms with Crippen molar-refractivity contribution in [2.75, 3.05) is 19.6 Å². The summed E-state index contributed by atoms with van der Waals surface area (Å²) in [6, 6.07) is 3.05. The van der Waals surface area contributed by atoms with Crippen molar-refractivity contribution in [3.8, 4) is 0 Å². The van der Waals surface area contributed by atoms with E-state index in [0.29, 0.717) is 18.7 Å². The van der Waals surface area contributed by atoms with E-state index in [0.717, 1.165) is 38.1 Å². The van der Waals surface area contributed by atoms with E-state index in [1.54, 1.807) is 0 Å². The second kappa shape index (κ2) is 7.45. The van der Waals surface area contributed by atoms with E-state index in [-0.39, 0.29) is 10.8 Å². The quantitative estimate of drug-likeness (QED) is 0.880. The van der Waals surface area contributed by atoms with Crippen molar-refractivity contribution < 1.29 is 17.2 Å². The van der Waals surface area contributed by atoms with Gasteiger partial charge in [0.1, 0.15) is 11.6 Å². The maximum Gasteiger partial charge on any atom is 0.240 e. The minimum absolute atomic E-state index is 0.274. The molecule has 0 unspecified atom stereocenters. The van der Waals surface area contributed by atoms with E-state index in [2.05, 4.69) is 9.62 Å². The van der Waals surface area contributed by atoms with Crippen LogP contribution in [0.25, 0.3) is 0 Å². The first-order valence-corrected chi connectivity index (χ1v) is 10.1. The first kappa shape index (κ1) is 17.8. The number of nitrogens with zero attached hydrogens (tertiary/aromatic N) is 1. The van der Waals surface area contributed by atoms with Crippen molar-refractivity contribution in [1.29, 1.82) is 0 Å². The molecule has 1 saturated heterocycles. The highest BCUT2D eigenvalue weighted by molar-refractivity contribution is 7.89. The number of sulfonamides is 1. The van der Waals surface area contributed by atoms with Crippen molar-refractivity contribution in [2.24, 2.45) is 5.92 Å². The van der Waals surface area contributed by atoms with Crippen LogP contribution < -0.4 is 4.72 Å². The Morgan fingerprint density at radius 3 is 2.17 bits per heavy atom. The lowest BCUT2D eigenvalue weighted by Crippen LogP contribution is -2.42. The van der Waals surface area contributed by atoms with Crippen LogP contribution in [0, 0.1) is 17.6 Å². The minimum atomic E-state index is -3.88. The van der Waals surface area contributed by atoms with Crippen LogP contribution in [0.2, 0.25) is 0 Å². The van der Waals surface area contributed by atoms with Crippen LogP contribution >= 0.6 is 0 Å². The van der Waals surface area contributed by atoms with Gasteiger partial charge in [-0.15, -0.1) is 0 Å². The van der Waals surface area contributed by atoms with Gasteiger partial charge in [-0.05, 0) is 56.8 Å². The van der Waals surface area contributed by atoms with E-state index >= 15 is 0 Å². The molecule has 1 aromatic rings. The largest absolute Gasteiger partial charge is 0.300 e. The lowest BCUT2D eigenvalue weighted by Gasteiger charge is -2.36. The standard InChI is InChI=1S/C17H24F2N2O2S/c18-14-9-15(19)11-17(10-14)24(22,23)20-12-13-5-7-21(8-6-13)16-3-1-2-4-16/h9-11,13,16,20H,1-8,12H2. The Balaban J connectivity index is 1.52. The summed E-state index contributed by atoms with van der Waals surface area (Å²) in [5.41, 5.74) is 0. The molecule has 1 aliphatic carbocycles. The average Bonchev–Trinajstić information content (AvgIpc) is 3.07. The van der Waals surface area contributed by atoms with Crippen LogP contribution in [-0.4, -0.2) is 39.0 Å². The number of likely N-dealkylation sites (tertiary alicyclic amines) is 1.